The van der Waals surface area contributed by atoms with Crippen LogP contribution >= 0.6 is 15.9 Å². The number of hydrogen-bond donors (Lipinski definition) is 2. The van der Waals surface area contributed by atoms with Gasteiger partial charge in [0, 0.05) is 22.7 Å². The van der Waals surface area contributed by atoms with Gasteiger partial charge in [0.15, 0.2) is 0 Å². The van der Waals surface area contributed by atoms with Crippen LogP contribution in [0.25, 0.3) is 0 Å². The van der Waals surface area contributed by atoms with Crippen LogP contribution in [0.2, 0.25) is 0 Å². The van der Waals surface area contributed by atoms with E-state index in [2.05, 4.69) is 40.4 Å². The molecule has 0 aromatic heterocycles. The van der Waals surface area contributed by atoms with E-state index in [0.29, 0.717) is 18.2 Å². The van der Waals surface area contributed by atoms with Gasteiger partial charge in [0.25, 0.3) is 0 Å². The zero-order chi connectivity index (χ0) is 24.7. The molecule has 2 bridgehead atoms. The average Bonchev–Trinajstić information content (AvgIpc) is 3.47. The van der Waals surface area contributed by atoms with E-state index in [1.54, 1.807) is 4.90 Å². The molecule has 35 heavy (non-hydrogen) atoms. The molecule has 3 fully saturated rings. The number of benzene rings is 1. The zero-order valence-electron chi connectivity index (χ0n) is 20.3. The van der Waals surface area contributed by atoms with Crippen molar-refractivity contribution in [1.29, 1.82) is 0 Å². The number of amides is 3. The van der Waals surface area contributed by atoms with Gasteiger partial charge in [0.2, 0.25) is 17.7 Å². The number of nitrogens with zero attached hydrogens (tertiary/aromatic N) is 1. The van der Waals surface area contributed by atoms with Crippen molar-refractivity contribution in [3.63, 3.8) is 0 Å². The molecular formula is C27H34BrN3O4. The fraction of sp³-hybridized carbons (Fsp3) is 0.593. The Kier molecular flexibility index (Phi) is 6.79. The van der Waals surface area contributed by atoms with Gasteiger partial charge in [-0.1, -0.05) is 61.2 Å². The molecule has 5 rings (SSSR count). The van der Waals surface area contributed by atoms with Crippen LogP contribution in [0, 0.1) is 17.8 Å². The van der Waals surface area contributed by atoms with Crippen molar-refractivity contribution in [2.75, 3.05) is 11.9 Å². The highest BCUT2D eigenvalue weighted by molar-refractivity contribution is 9.10. The summed E-state index contributed by atoms with van der Waals surface area (Å²) in [6.07, 6.45) is 9.35. The van der Waals surface area contributed by atoms with Gasteiger partial charge in [-0.05, 0) is 49.4 Å². The van der Waals surface area contributed by atoms with E-state index in [1.807, 2.05) is 36.4 Å². The molecule has 1 aromatic rings. The van der Waals surface area contributed by atoms with E-state index < -0.39 is 29.6 Å². The molecule has 0 radical (unpaired) electrons. The lowest BCUT2D eigenvalue weighted by Crippen LogP contribution is -2.56. The Morgan fingerprint density at radius 1 is 1.14 bits per heavy atom. The molecule has 2 saturated heterocycles. The number of hydrogen-bond acceptors (Lipinski definition) is 4. The number of fused-ring (bicyclic) bond motifs is 1. The van der Waals surface area contributed by atoms with E-state index in [4.69, 9.17) is 4.74 Å². The predicted molar refractivity (Wildman–Crippen MR) is 136 cm³/mol. The summed E-state index contributed by atoms with van der Waals surface area (Å²) in [5.74, 6) is -1.56. The molecule has 1 aliphatic carbocycles. The average molecular weight is 544 g/mol. The van der Waals surface area contributed by atoms with Crippen LogP contribution in [0.15, 0.2) is 40.9 Å². The second kappa shape index (κ2) is 9.69. The minimum atomic E-state index is -1.10. The van der Waals surface area contributed by atoms with Crippen LogP contribution in [0.5, 0.6) is 0 Å². The summed E-state index contributed by atoms with van der Waals surface area (Å²) in [6.45, 7) is 4.68. The highest BCUT2D eigenvalue weighted by atomic mass is 79.9. The van der Waals surface area contributed by atoms with Crippen molar-refractivity contribution >= 4 is 39.3 Å². The SMILES string of the molecule is CC(C)CCN1C(=O)[C@H]2[C@H](C(=O)Nc3ccc(Br)cc3)[C@H]3C=C[C@@]2(O3)[C@@H]1C(=O)NC1CCCCC1. The largest absolute Gasteiger partial charge is 0.359 e. The number of carbonyl (C=O) groups is 3. The number of carbonyl (C=O) groups excluding carboxylic acids is 3. The first-order valence-corrected chi connectivity index (χ1v) is 13.6. The van der Waals surface area contributed by atoms with Crippen molar-refractivity contribution < 1.29 is 19.1 Å². The van der Waals surface area contributed by atoms with Crippen molar-refractivity contribution in [2.45, 2.75) is 76.2 Å². The molecular weight excluding hydrogens is 510 g/mol. The number of rotatable bonds is 7. The molecule has 1 saturated carbocycles. The molecule has 5 atom stereocenters. The molecule has 7 nitrogen and oxygen atoms in total. The molecule has 2 N–H and O–H groups in total. The number of ether oxygens (including phenoxy) is 1. The maximum Gasteiger partial charge on any atom is 0.246 e. The molecule has 8 heteroatoms. The van der Waals surface area contributed by atoms with E-state index in [0.717, 1.165) is 36.6 Å². The maximum atomic E-state index is 13.8. The topological polar surface area (TPSA) is 87.7 Å². The van der Waals surface area contributed by atoms with Gasteiger partial charge in [0.05, 0.1) is 17.9 Å². The Balaban J connectivity index is 1.42. The second-order valence-electron chi connectivity index (χ2n) is 10.8. The second-order valence-corrected chi connectivity index (χ2v) is 11.7. The van der Waals surface area contributed by atoms with E-state index in [-0.39, 0.29) is 23.8 Å². The highest BCUT2D eigenvalue weighted by Gasteiger charge is 2.72. The van der Waals surface area contributed by atoms with Gasteiger partial charge < -0.3 is 20.3 Å². The lowest BCUT2D eigenvalue weighted by Gasteiger charge is -2.34. The lowest BCUT2D eigenvalue weighted by atomic mass is 9.74. The van der Waals surface area contributed by atoms with Gasteiger partial charge in [-0.25, -0.2) is 0 Å². The number of nitrogens with one attached hydrogen (secondary N) is 2. The van der Waals surface area contributed by atoms with E-state index in [1.165, 1.54) is 6.42 Å². The summed E-state index contributed by atoms with van der Waals surface area (Å²) in [5.41, 5.74) is -0.438. The Morgan fingerprint density at radius 3 is 2.54 bits per heavy atom. The fourth-order valence-electron chi connectivity index (χ4n) is 6.19. The molecule has 0 unspecified atom stereocenters. The molecule has 1 spiro atoms. The molecule has 3 amide bonds. The summed E-state index contributed by atoms with van der Waals surface area (Å²) in [5, 5.41) is 6.18. The summed E-state index contributed by atoms with van der Waals surface area (Å²) >= 11 is 3.41. The van der Waals surface area contributed by atoms with Gasteiger partial charge in [-0.2, -0.15) is 0 Å². The zero-order valence-corrected chi connectivity index (χ0v) is 21.9. The molecule has 4 aliphatic rings. The fourth-order valence-corrected chi connectivity index (χ4v) is 6.46. The number of likely N-dealkylation sites (tertiary alicyclic amines) is 1. The predicted octanol–water partition coefficient (Wildman–Crippen LogP) is 4.03. The number of anilines is 1. The molecule has 3 heterocycles. The van der Waals surface area contributed by atoms with Crippen LogP contribution < -0.4 is 10.6 Å². The quantitative estimate of drug-likeness (QED) is 0.508. The summed E-state index contributed by atoms with van der Waals surface area (Å²) in [7, 11) is 0. The highest BCUT2D eigenvalue weighted by Crippen LogP contribution is 2.55. The van der Waals surface area contributed by atoms with Crippen LogP contribution in [0.1, 0.15) is 52.4 Å². The Hall–Kier alpha value is -2.19. The van der Waals surface area contributed by atoms with Crippen LogP contribution in [0.3, 0.4) is 0 Å². The normalized spacial score (nSPS) is 31.8. The minimum absolute atomic E-state index is 0.132. The molecule has 188 valence electrons. The molecule has 3 aliphatic heterocycles. The Labute approximate surface area is 215 Å². The van der Waals surface area contributed by atoms with Crippen molar-refractivity contribution in [1.82, 2.24) is 10.2 Å². The van der Waals surface area contributed by atoms with Crippen molar-refractivity contribution in [3.05, 3.63) is 40.9 Å². The standard InChI is InChI=1S/C27H34BrN3O4/c1-16(2)13-15-31-23(25(33)30-18-6-4-3-5-7-18)27-14-12-20(35-27)21(22(27)26(31)34)24(32)29-19-10-8-17(28)9-11-19/h8-12,14,16,18,20-23H,3-7,13,15H2,1-2H3,(H,29,32)(H,30,33)/t20-,21-,22-,23+,27+/m1/s1. The molecule has 1 aromatic carbocycles. The van der Waals surface area contributed by atoms with E-state index in [9.17, 15) is 14.4 Å². The monoisotopic (exact) mass is 543 g/mol. The third-order valence-electron chi connectivity index (χ3n) is 7.94. The van der Waals surface area contributed by atoms with Crippen molar-refractivity contribution in [3.8, 4) is 0 Å². The Morgan fingerprint density at radius 2 is 1.86 bits per heavy atom. The first-order chi connectivity index (χ1) is 16.8. The van der Waals surface area contributed by atoms with Crippen LogP contribution in [-0.2, 0) is 19.1 Å². The van der Waals surface area contributed by atoms with Gasteiger partial charge in [-0.3, -0.25) is 14.4 Å². The van der Waals surface area contributed by atoms with Gasteiger partial charge in [0.1, 0.15) is 11.6 Å². The lowest BCUT2D eigenvalue weighted by molar-refractivity contribution is -0.141. The number of halogens is 1. The first-order valence-electron chi connectivity index (χ1n) is 12.8. The van der Waals surface area contributed by atoms with Gasteiger partial charge >= 0.3 is 0 Å². The van der Waals surface area contributed by atoms with Crippen LogP contribution in [0.4, 0.5) is 5.69 Å². The third-order valence-corrected chi connectivity index (χ3v) is 8.46. The minimum Gasteiger partial charge on any atom is -0.359 e. The summed E-state index contributed by atoms with van der Waals surface area (Å²) in [4.78, 5) is 42.7. The smallest absolute Gasteiger partial charge is 0.246 e. The van der Waals surface area contributed by atoms with Crippen LogP contribution in [-0.4, -0.2) is 53.0 Å². The van der Waals surface area contributed by atoms with Gasteiger partial charge in [-0.15, -0.1) is 0 Å². The van der Waals surface area contributed by atoms with E-state index >= 15 is 0 Å². The summed E-state index contributed by atoms with van der Waals surface area (Å²) in [6, 6.07) is 6.71. The first kappa shape index (κ1) is 24.5. The summed E-state index contributed by atoms with van der Waals surface area (Å²) < 4.78 is 7.32. The maximum absolute atomic E-state index is 13.8. The van der Waals surface area contributed by atoms with Crippen molar-refractivity contribution in [2.24, 2.45) is 17.8 Å². The third kappa shape index (κ3) is 4.44. The Bertz CT molecular complexity index is 1020.